The summed E-state index contributed by atoms with van der Waals surface area (Å²) in [5.74, 6) is 2.37. The van der Waals surface area contributed by atoms with Crippen molar-refractivity contribution in [2.45, 2.75) is 20.3 Å². The van der Waals surface area contributed by atoms with Gasteiger partial charge in [-0.3, -0.25) is 0 Å². The van der Waals surface area contributed by atoms with E-state index in [-0.39, 0.29) is 0 Å². The smallest absolute Gasteiger partial charge is 0.196 e. The molecule has 0 aliphatic heterocycles. The van der Waals surface area contributed by atoms with Gasteiger partial charge >= 0.3 is 0 Å². The number of thiophene rings is 2. The molecular formula is C15H18N2OS2. The van der Waals surface area contributed by atoms with Gasteiger partial charge in [-0.15, -0.1) is 22.7 Å². The Labute approximate surface area is 126 Å². The average molecular weight is 306 g/mol. The van der Waals surface area contributed by atoms with Crippen LogP contribution in [0.15, 0.2) is 28.1 Å². The van der Waals surface area contributed by atoms with Gasteiger partial charge in [0.05, 0.1) is 11.1 Å². The molecule has 0 unspecified atom stereocenters. The van der Waals surface area contributed by atoms with Crippen LogP contribution < -0.4 is 5.32 Å². The summed E-state index contributed by atoms with van der Waals surface area (Å²) in [5.41, 5.74) is 0. The van der Waals surface area contributed by atoms with Crippen LogP contribution in [0.5, 0.6) is 0 Å². The Kier molecular flexibility index (Phi) is 4.19. The Balaban J connectivity index is 1.63. The molecule has 0 bridgehead atoms. The maximum atomic E-state index is 5.84. The summed E-state index contributed by atoms with van der Waals surface area (Å²) in [6.07, 6.45) is 2.68. The largest absolute Gasteiger partial charge is 0.440 e. The van der Waals surface area contributed by atoms with Crippen molar-refractivity contribution in [3.8, 4) is 10.6 Å². The Hall–Kier alpha value is -1.17. The van der Waals surface area contributed by atoms with E-state index in [1.165, 1.54) is 14.3 Å². The lowest BCUT2D eigenvalue weighted by molar-refractivity contribution is 0.483. The summed E-state index contributed by atoms with van der Waals surface area (Å²) >= 11 is 3.53. The first kappa shape index (κ1) is 13.8. The molecule has 0 aliphatic rings. The highest BCUT2D eigenvalue weighted by Gasteiger charge is 2.10. The highest BCUT2D eigenvalue weighted by molar-refractivity contribution is 7.28. The summed E-state index contributed by atoms with van der Waals surface area (Å²) < 4.78 is 8.48. The fourth-order valence-corrected chi connectivity index (χ4v) is 4.07. The molecule has 0 saturated carbocycles. The molecular weight excluding hydrogens is 288 g/mol. The fraction of sp³-hybridized carbons (Fsp3) is 0.400. The Bertz CT molecular complexity index is 652. The molecule has 5 heteroatoms. The quantitative estimate of drug-likeness (QED) is 0.686. The summed E-state index contributed by atoms with van der Waals surface area (Å²) in [5, 5.41) is 5.53. The van der Waals surface area contributed by atoms with E-state index in [0.717, 1.165) is 31.2 Å². The van der Waals surface area contributed by atoms with Crippen LogP contribution >= 0.6 is 22.7 Å². The van der Waals surface area contributed by atoms with Crippen molar-refractivity contribution in [1.29, 1.82) is 0 Å². The minimum absolute atomic E-state index is 0.675. The second kappa shape index (κ2) is 6.08. The number of oxazole rings is 1. The molecule has 0 atom stereocenters. The highest BCUT2D eigenvalue weighted by atomic mass is 32.1. The topological polar surface area (TPSA) is 38.1 Å². The summed E-state index contributed by atoms with van der Waals surface area (Å²) in [6, 6.07) is 4.34. The molecule has 3 nitrogen and oxygen atoms in total. The molecule has 0 saturated heterocycles. The van der Waals surface area contributed by atoms with Gasteiger partial charge in [-0.2, -0.15) is 0 Å². The number of nitrogens with one attached hydrogen (secondary N) is 1. The van der Waals surface area contributed by atoms with Gasteiger partial charge in [0, 0.05) is 22.4 Å². The van der Waals surface area contributed by atoms with Gasteiger partial charge in [0.25, 0.3) is 0 Å². The second-order valence-electron chi connectivity index (χ2n) is 5.23. The van der Waals surface area contributed by atoms with Gasteiger partial charge in [0.2, 0.25) is 0 Å². The van der Waals surface area contributed by atoms with Gasteiger partial charge in [0.15, 0.2) is 11.7 Å². The standard InChI is InChI=1S/C15H18N2OS2/c1-10(2)8-16-5-3-15-17-9-11(18-15)13-7-14-12(20-13)4-6-19-14/h4,6-7,9-10,16H,3,5,8H2,1-2H3. The molecule has 1 N–H and O–H groups in total. The van der Waals surface area contributed by atoms with Crippen molar-refractivity contribution < 1.29 is 4.42 Å². The first-order valence-electron chi connectivity index (χ1n) is 6.85. The molecule has 3 aromatic rings. The van der Waals surface area contributed by atoms with Gasteiger partial charge in [0.1, 0.15) is 0 Å². The van der Waals surface area contributed by atoms with E-state index in [4.69, 9.17) is 4.42 Å². The van der Waals surface area contributed by atoms with Gasteiger partial charge < -0.3 is 9.73 Å². The number of hydrogen-bond donors (Lipinski definition) is 1. The molecule has 0 spiro atoms. The zero-order chi connectivity index (χ0) is 13.9. The van der Waals surface area contributed by atoms with E-state index in [9.17, 15) is 0 Å². The van der Waals surface area contributed by atoms with Crippen LogP contribution in [0.2, 0.25) is 0 Å². The summed E-state index contributed by atoms with van der Waals surface area (Å²) in [4.78, 5) is 5.53. The first-order chi connectivity index (χ1) is 9.72. The number of nitrogens with zero attached hydrogens (tertiary/aromatic N) is 1. The Morgan fingerprint density at radius 3 is 3.05 bits per heavy atom. The van der Waals surface area contributed by atoms with Crippen molar-refractivity contribution in [2.75, 3.05) is 13.1 Å². The molecule has 0 radical (unpaired) electrons. The van der Waals surface area contributed by atoms with E-state index in [0.29, 0.717) is 5.92 Å². The number of rotatable bonds is 6. The molecule has 3 rings (SSSR count). The maximum Gasteiger partial charge on any atom is 0.196 e. The minimum atomic E-state index is 0.675. The normalized spacial score (nSPS) is 11.8. The van der Waals surface area contributed by atoms with Gasteiger partial charge in [-0.25, -0.2) is 4.98 Å². The molecule has 20 heavy (non-hydrogen) atoms. The van der Waals surface area contributed by atoms with E-state index in [2.05, 4.69) is 41.7 Å². The highest BCUT2D eigenvalue weighted by Crippen LogP contribution is 2.36. The van der Waals surface area contributed by atoms with Crippen LogP contribution in [-0.4, -0.2) is 18.1 Å². The summed E-state index contributed by atoms with van der Waals surface area (Å²) in [6.45, 7) is 6.36. The predicted molar refractivity (Wildman–Crippen MR) is 86.6 cm³/mol. The van der Waals surface area contributed by atoms with Crippen molar-refractivity contribution in [3.63, 3.8) is 0 Å². The number of fused-ring (bicyclic) bond motifs is 1. The van der Waals surface area contributed by atoms with Crippen molar-refractivity contribution >= 4 is 32.1 Å². The van der Waals surface area contributed by atoms with Crippen LogP contribution in [0.3, 0.4) is 0 Å². The molecule has 3 heterocycles. The molecule has 0 aliphatic carbocycles. The Morgan fingerprint density at radius 2 is 2.25 bits per heavy atom. The first-order valence-corrected chi connectivity index (χ1v) is 8.55. The van der Waals surface area contributed by atoms with E-state index in [1.807, 2.05) is 6.20 Å². The lowest BCUT2D eigenvalue weighted by atomic mass is 10.2. The van der Waals surface area contributed by atoms with Crippen molar-refractivity contribution in [3.05, 3.63) is 29.6 Å². The lowest BCUT2D eigenvalue weighted by Crippen LogP contribution is -2.22. The number of aromatic nitrogens is 1. The Morgan fingerprint density at radius 1 is 1.35 bits per heavy atom. The molecule has 0 fully saturated rings. The molecule has 3 aromatic heterocycles. The van der Waals surface area contributed by atoms with Crippen LogP contribution in [0.1, 0.15) is 19.7 Å². The van der Waals surface area contributed by atoms with Crippen LogP contribution in [0.25, 0.3) is 20.0 Å². The van der Waals surface area contributed by atoms with Crippen molar-refractivity contribution in [2.24, 2.45) is 5.92 Å². The van der Waals surface area contributed by atoms with Crippen molar-refractivity contribution in [1.82, 2.24) is 10.3 Å². The SMILES string of the molecule is CC(C)CNCCc1ncc(-c2cc3sccc3s2)o1. The van der Waals surface area contributed by atoms with Gasteiger partial charge in [-0.05, 0) is 30.0 Å². The van der Waals surface area contributed by atoms with E-state index in [1.54, 1.807) is 22.7 Å². The zero-order valence-corrected chi connectivity index (χ0v) is 13.3. The predicted octanol–water partition coefficient (Wildman–Crippen LogP) is 4.41. The monoisotopic (exact) mass is 306 g/mol. The lowest BCUT2D eigenvalue weighted by Gasteiger charge is -2.05. The maximum absolute atomic E-state index is 5.84. The third kappa shape index (κ3) is 3.11. The van der Waals surface area contributed by atoms with Crippen LogP contribution in [-0.2, 0) is 6.42 Å². The molecule has 106 valence electrons. The van der Waals surface area contributed by atoms with E-state index >= 15 is 0 Å². The minimum Gasteiger partial charge on any atom is -0.440 e. The third-order valence-corrected chi connectivity index (χ3v) is 5.11. The van der Waals surface area contributed by atoms with E-state index < -0.39 is 0 Å². The number of hydrogen-bond acceptors (Lipinski definition) is 5. The zero-order valence-electron chi connectivity index (χ0n) is 11.7. The third-order valence-electron chi connectivity index (χ3n) is 3.00. The summed E-state index contributed by atoms with van der Waals surface area (Å²) in [7, 11) is 0. The van der Waals surface area contributed by atoms with Crippen LogP contribution in [0, 0.1) is 5.92 Å². The fourth-order valence-electron chi connectivity index (χ4n) is 2.01. The van der Waals surface area contributed by atoms with Crippen LogP contribution in [0.4, 0.5) is 0 Å². The average Bonchev–Trinajstić information content (AvgIpc) is 3.08. The molecule has 0 aromatic carbocycles. The second-order valence-corrected chi connectivity index (χ2v) is 7.26. The van der Waals surface area contributed by atoms with Gasteiger partial charge in [-0.1, -0.05) is 13.8 Å². The molecule has 0 amide bonds.